The number of nitrogens with one attached hydrogen (secondary N) is 3. The van der Waals surface area contributed by atoms with Crippen LogP contribution in [0, 0.1) is 0 Å². The Balaban J connectivity index is 1.59. The number of carboxylic acid groups (broad SMARTS) is 1. The zero-order valence-corrected chi connectivity index (χ0v) is 13.5. The first-order valence-corrected chi connectivity index (χ1v) is 7.69. The minimum absolute atomic E-state index is 0.0969. The summed E-state index contributed by atoms with van der Waals surface area (Å²) in [6.07, 6.45) is 2.79. The molecule has 1 aliphatic rings. The highest BCUT2D eigenvalue weighted by Gasteiger charge is 2.13. The van der Waals surface area contributed by atoms with Gasteiger partial charge in [-0.05, 0) is 24.3 Å². The molecule has 4 N–H and O–H groups in total. The van der Waals surface area contributed by atoms with Crippen LogP contribution in [-0.4, -0.2) is 38.6 Å². The van der Waals surface area contributed by atoms with Gasteiger partial charge in [-0.25, -0.2) is 0 Å². The lowest BCUT2D eigenvalue weighted by molar-refractivity contribution is -0.138. The maximum absolute atomic E-state index is 11.6. The van der Waals surface area contributed by atoms with E-state index in [1.807, 2.05) is 6.07 Å². The van der Waals surface area contributed by atoms with Gasteiger partial charge in [0, 0.05) is 12.6 Å². The van der Waals surface area contributed by atoms with Gasteiger partial charge in [0.05, 0.1) is 18.3 Å². The van der Waals surface area contributed by atoms with Crippen LogP contribution in [-0.2, 0) is 9.59 Å². The SMILES string of the molecule is O=C(O)CCC(=O)Nc1ccc(C2=NNC(c3ccccn3)=NN2)nc1. The molecular weight excluding hydrogens is 338 g/mol. The van der Waals surface area contributed by atoms with Gasteiger partial charge in [-0.15, -0.1) is 0 Å². The third-order valence-electron chi connectivity index (χ3n) is 3.31. The molecule has 2 aromatic heterocycles. The van der Waals surface area contributed by atoms with Crippen molar-refractivity contribution in [3.63, 3.8) is 0 Å². The molecule has 0 fully saturated rings. The normalized spacial score (nSPS) is 12.9. The molecule has 0 aromatic carbocycles. The second-order valence-corrected chi connectivity index (χ2v) is 5.23. The molecule has 0 unspecified atom stereocenters. The number of carbonyl (C=O) groups excluding carboxylic acids is 1. The van der Waals surface area contributed by atoms with Gasteiger partial charge in [-0.3, -0.25) is 30.4 Å². The number of amidine groups is 2. The van der Waals surface area contributed by atoms with Gasteiger partial charge < -0.3 is 10.4 Å². The predicted octanol–water partition coefficient (Wildman–Crippen LogP) is 0.496. The zero-order chi connectivity index (χ0) is 18.4. The van der Waals surface area contributed by atoms with Crippen LogP contribution in [0.3, 0.4) is 0 Å². The van der Waals surface area contributed by atoms with Crippen LogP contribution in [0.5, 0.6) is 0 Å². The number of anilines is 1. The van der Waals surface area contributed by atoms with Gasteiger partial charge in [0.1, 0.15) is 11.4 Å². The molecule has 3 rings (SSSR count). The summed E-state index contributed by atoms with van der Waals surface area (Å²) in [5.74, 6) is -0.514. The largest absolute Gasteiger partial charge is 0.481 e. The van der Waals surface area contributed by atoms with Crippen LogP contribution >= 0.6 is 0 Å². The van der Waals surface area contributed by atoms with Crippen molar-refractivity contribution in [3.05, 3.63) is 54.1 Å². The highest BCUT2D eigenvalue weighted by molar-refractivity contribution is 6.04. The van der Waals surface area contributed by atoms with E-state index < -0.39 is 5.97 Å². The number of aliphatic carboxylic acids is 1. The summed E-state index contributed by atoms with van der Waals surface area (Å²) < 4.78 is 0. The minimum atomic E-state index is -1.02. The van der Waals surface area contributed by atoms with Gasteiger partial charge in [0.2, 0.25) is 5.91 Å². The van der Waals surface area contributed by atoms with Gasteiger partial charge in [0.25, 0.3) is 0 Å². The van der Waals surface area contributed by atoms with Crippen LogP contribution in [0.1, 0.15) is 24.2 Å². The summed E-state index contributed by atoms with van der Waals surface area (Å²) in [7, 11) is 0. The highest BCUT2D eigenvalue weighted by Crippen LogP contribution is 2.08. The van der Waals surface area contributed by atoms with Crippen LogP contribution < -0.4 is 16.2 Å². The summed E-state index contributed by atoms with van der Waals surface area (Å²) >= 11 is 0. The Kier molecular flexibility index (Phi) is 5.13. The summed E-state index contributed by atoms with van der Waals surface area (Å²) in [5, 5.41) is 19.5. The number of aromatic nitrogens is 2. The van der Waals surface area contributed by atoms with Crippen LogP contribution in [0.15, 0.2) is 52.9 Å². The van der Waals surface area contributed by atoms with E-state index in [-0.39, 0.29) is 18.7 Å². The highest BCUT2D eigenvalue weighted by atomic mass is 16.4. The molecule has 2 aromatic rings. The third-order valence-corrected chi connectivity index (χ3v) is 3.31. The van der Waals surface area contributed by atoms with Gasteiger partial charge in [0.15, 0.2) is 11.7 Å². The fourth-order valence-electron chi connectivity index (χ4n) is 2.05. The third kappa shape index (κ3) is 4.38. The molecule has 0 spiro atoms. The molecule has 0 radical (unpaired) electrons. The van der Waals surface area contributed by atoms with Crippen molar-refractivity contribution in [2.24, 2.45) is 10.2 Å². The number of pyridine rings is 2. The monoisotopic (exact) mass is 353 g/mol. The maximum atomic E-state index is 11.6. The second-order valence-electron chi connectivity index (χ2n) is 5.23. The summed E-state index contributed by atoms with van der Waals surface area (Å²) in [4.78, 5) is 30.4. The molecule has 26 heavy (non-hydrogen) atoms. The molecule has 1 amide bonds. The fourth-order valence-corrected chi connectivity index (χ4v) is 2.05. The Morgan fingerprint density at radius 2 is 1.69 bits per heavy atom. The van der Waals surface area contributed by atoms with Crippen molar-refractivity contribution in [2.75, 3.05) is 5.32 Å². The number of rotatable bonds is 6. The van der Waals surface area contributed by atoms with E-state index in [1.54, 1.807) is 30.5 Å². The molecule has 0 bridgehead atoms. The summed E-state index contributed by atoms with van der Waals surface area (Å²) in [6, 6.07) is 8.75. The smallest absolute Gasteiger partial charge is 0.303 e. The minimum Gasteiger partial charge on any atom is -0.481 e. The van der Waals surface area contributed by atoms with E-state index in [0.29, 0.717) is 28.7 Å². The summed E-state index contributed by atoms with van der Waals surface area (Å²) in [5.41, 5.74) is 7.23. The second kappa shape index (κ2) is 7.83. The molecule has 0 saturated carbocycles. The Morgan fingerprint density at radius 3 is 2.23 bits per heavy atom. The topological polar surface area (TPSA) is 141 Å². The van der Waals surface area contributed by atoms with Gasteiger partial charge >= 0.3 is 5.97 Å². The van der Waals surface area contributed by atoms with E-state index >= 15 is 0 Å². The molecular formula is C16H15N7O3. The van der Waals surface area contributed by atoms with Crippen molar-refractivity contribution >= 4 is 29.2 Å². The summed E-state index contributed by atoms with van der Waals surface area (Å²) in [6.45, 7) is 0. The predicted molar refractivity (Wildman–Crippen MR) is 93.3 cm³/mol. The fraction of sp³-hybridized carbons (Fsp3) is 0.125. The quantitative estimate of drug-likeness (QED) is 0.592. The van der Waals surface area contributed by atoms with Gasteiger partial charge in [-0.1, -0.05) is 6.07 Å². The molecule has 132 valence electrons. The van der Waals surface area contributed by atoms with Crippen molar-refractivity contribution in [1.82, 2.24) is 20.8 Å². The number of amides is 1. The average molecular weight is 353 g/mol. The first-order chi connectivity index (χ1) is 12.6. The van der Waals surface area contributed by atoms with Crippen molar-refractivity contribution < 1.29 is 14.7 Å². The molecule has 0 atom stereocenters. The zero-order valence-electron chi connectivity index (χ0n) is 13.5. The Bertz CT molecular complexity index is 863. The number of carbonyl (C=O) groups is 2. The van der Waals surface area contributed by atoms with E-state index in [2.05, 4.69) is 36.3 Å². The standard InChI is InChI=1S/C16H15N7O3/c24-13(6-7-14(25)26)19-10-4-5-12(18-9-10)16-22-20-15(21-23-16)11-3-1-2-8-17-11/h1-5,8-9H,6-7H2,(H,19,24)(H,20,21)(H,22,23)(H,25,26). The van der Waals surface area contributed by atoms with Gasteiger partial charge in [-0.2, -0.15) is 10.2 Å². The Labute approximate surface area is 148 Å². The van der Waals surface area contributed by atoms with Crippen LogP contribution in [0.4, 0.5) is 5.69 Å². The molecule has 1 aliphatic heterocycles. The molecule has 0 aliphatic carbocycles. The van der Waals surface area contributed by atoms with E-state index in [1.165, 1.54) is 6.20 Å². The van der Waals surface area contributed by atoms with E-state index in [4.69, 9.17) is 5.11 Å². The van der Waals surface area contributed by atoms with Crippen molar-refractivity contribution in [1.29, 1.82) is 0 Å². The van der Waals surface area contributed by atoms with E-state index in [0.717, 1.165) is 0 Å². The van der Waals surface area contributed by atoms with E-state index in [9.17, 15) is 9.59 Å². The molecule has 10 nitrogen and oxygen atoms in total. The lowest BCUT2D eigenvalue weighted by Gasteiger charge is -2.14. The number of hydrogen-bond donors (Lipinski definition) is 4. The maximum Gasteiger partial charge on any atom is 0.303 e. The lowest BCUT2D eigenvalue weighted by atomic mass is 10.2. The molecule has 0 saturated heterocycles. The first kappa shape index (κ1) is 17.0. The van der Waals surface area contributed by atoms with Crippen LogP contribution in [0.2, 0.25) is 0 Å². The first-order valence-electron chi connectivity index (χ1n) is 7.69. The van der Waals surface area contributed by atoms with Crippen LogP contribution in [0.25, 0.3) is 0 Å². The van der Waals surface area contributed by atoms with Crippen molar-refractivity contribution in [2.45, 2.75) is 12.8 Å². The Hall–Kier alpha value is -3.82. The van der Waals surface area contributed by atoms with Crippen molar-refractivity contribution in [3.8, 4) is 0 Å². The number of hydrazone groups is 2. The average Bonchev–Trinajstić information content (AvgIpc) is 2.68. The molecule has 3 heterocycles. The number of hydrogen-bond acceptors (Lipinski definition) is 8. The molecule has 10 heteroatoms. The Morgan fingerprint density at radius 1 is 0.962 bits per heavy atom. The number of carboxylic acids is 1. The number of nitrogens with zero attached hydrogens (tertiary/aromatic N) is 4. The lowest BCUT2D eigenvalue weighted by Crippen LogP contribution is -2.35.